The SMILES string of the molecule is [2H]C(C)(C)c1cc(-c2ccc(C3([2H])CCC(C)(C)CC3)cc2)cc(C(C)C)c1-n1c(-c2[c-]ccc3c2oc2cc(-c4ccccc4)ccc23)nc2cccc(C)c21.[Ir].[c-]1ccccc1-c1ccccn1. The van der Waals surface area contributed by atoms with Crippen LogP contribution in [-0.4, -0.2) is 14.5 Å². The number of furan rings is 1. The summed E-state index contributed by atoms with van der Waals surface area (Å²) >= 11 is 0. The minimum absolute atomic E-state index is 0. The van der Waals surface area contributed by atoms with Crippen LogP contribution in [0.2, 0.25) is 0 Å². The fraction of sp³-hybridized carbons (Fsp3) is 0.238. The zero-order valence-corrected chi connectivity index (χ0v) is 42.5. The molecule has 11 rings (SSSR count). The fourth-order valence-electron chi connectivity index (χ4n) is 9.78. The predicted molar refractivity (Wildman–Crippen MR) is 280 cm³/mol. The zero-order valence-electron chi connectivity index (χ0n) is 42.1. The van der Waals surface area contributed by atoms with Crippen LogP contribution in [0.5, 0.6) is 0 Å². The number of pyridine rings is 1. The van der Waals surface area contributed by atoms with E-state index in [2.05, 4.69) is 159 Å². The van der Waals surface area contributed by atoms with Gasteiger partial charge in [-0.2, -0.15) is 0 Å². The normalized spacial score (nSPS) is 14.8. The Morgan fingerprint density at radius 1 is 0.706 bits per heavy atom. The third kappa shape index (κ3) is 9.27. The number of hydrogen-bond acceptors (Lipinski definition) is 3. The number of aryl methyl sites for hydroxylation is 1. The summed E-state index contributed by atoms with van der Waals surface area (Å²) in [6, 6.07) is 60.8. The van der Waals surface area contributed by atoms with Crippen molar-refractivity contribution in [1.82, 2.24) is 14.5 Å². The van der Waals surface area contributed by atoms with Crippen LogP contribution < -0.4 is 0 Å². The van der Waals surface area contributed by atoms with Crippen molar-refractivity contribution in [1.29, 1.82) is 0 Å². The second-order valence-electron chi connectivity index (χ2n) is 19.4. The molecule has 0 unspecified atom stereocenters. The molecule has 1 fully saturated rings. The average molecular weight is 1070 g/mol. The molecule has 1 radical (unpaired) electrons. The quantitative estimate of drug-likeness (QED) is 0.142. The van der Waals surface area contributed by atoms with Crippen molar-refractivity contribution in [2.75, 3.05) is 0 Å². The van der Waals surface area contributed by atoms with Gasteiger partial charge in [0.1, 0.15) is 5.58 Å². The van der Waals surface area contributed by atoms with Crippen molar-refractivity contribution in [2.45, 2.75) is 91.9 Å². The first-order valence-corrected chi connectivity index (χ1v) is 23.8. The second kappa shape index (κ2) is 19.7. The number of imidazole rings is 1. The van der Waals surface area contributed by atoms with Gasteiger partial charge in [0.25, 0.3) is 0 Å². The number of aromatic nitrogens is 3. The minimum Gasteiger partial charge on any atom is -0.501 e. The van der Waals surface area contributed by atoms with E-state index in [0.717, 1.165) is 131 Å². The van der Waals surface area contributed by atoms with Crippen LogP contribution in [0.15, 0.2) is 168 Å². The maximum Gasteiger partial charge on any atom is 0.121 e. The minimum atomic E-state index is -0.950. The number of hydrogen-bond donors (Lipinski definition) is 0. The molecule has 10 aromatic rings. The van der Waals surface area contributed by atoms with Crippen LogP contribution >= 0.6 is 0 Å². The van der Waals surface area contributed by atoms with E-state index in [-0.39, 0.29) is 26.0 Å². The molecular formula is C63H59IrN3O-2. The predicted octanol–water partition coefficient (Wildman–Crippen LogP) is 17.5. The number of rotatable bonds is 8. The molecule has 0 bridgehead atoms. The summed E-state index contributed by atoms with van der Waals surface area (Å²) in [6.07, 6.45) is 5.70. The van der Waals surface area contributed by atoms with Crippen LogP contribution in [0, 0.1) is 24.5 Å². The maximum absolute atomic E-state index is 9.69. The van der Waals surface area contributed by atoms with E-state index in [4.69, 9.17) is 9.40 Å². The Morgan fingerprint density at radius 2 is 1.43 bits per heavy atom. The molecule has 343 valence electrons. The smallest absolute Gasteiger partial charge is 0.121 e. The van der Waals surface area contributed by atoms with Crippen LogP contribution in [0.4, 0.5) is 0 Å². The summed E-state index contributed by atoms with van der Waals surface area (Å²) in [5.41, 5.74) is 16.3. The van der Waals surface area contributed by atoms with Crippen molar-refractivity contribution in [3.63, 3.8) is 0 Å². The second-order valence-corrected chi connectivity index (χ2v) is 19.4. The summed E-state index contributed by atoms with van der Waals surface area (Å²) in [7, 11) is 0. The van der Waals surface area contributed by atoms with E-state index in [9.17, 15) is 2.74 Å². The molecule has 5 heteroatoms. The molecule has 1 saturated carbocycles. The maximum atomic E-state index is 9.69. The van der Waals surface area contributed by atoms with Crippen LogP contribution in [0.3, 0.4) is 0 Å². The van der Waals surface area contributed by atoms with Crippen molar-refractivity contribution >= 4 is 33.0 Å². The Bertz CT molecular complexity index is 3400. The standard InChI is InChI=1S/C52H51N2O.C11H8N.Ir/c1-32(2)44-29-40(37-21-19-36(20-22-37)38-25-27-52(6,7)28-26-38)30-45(33(3)4)49(44)54-48-34(5)13-11-18-46(48)53-51(54)43-17-12-16-42-41-24-23-39(31-47(41)55-50(42)43)35-14-9-8-10-15-35;1-2-6-10(7-3-1)11-8-4-5-9-12-11;/h8-16,18-24,29-33,38H,25-28H2,1-7H3;1-6,8-9H;/q2*-1;/i32D,38D;;. The third-order valence-electron chi connectivity index (χ3n) is 13.6. The van der Waals surface area contributed by atoms with Crippen LogP contribution in [0.1, 0.15) is 110 Å². The topological polar surface area (TPSA) is 43.9 Å². The van der Waals surface area contributed by atoms with E-state index in [1.54, 1.807) is 6.20 Å². The molecule has 0 spiro atoms. The largest absolute Gasteiger partial charge is 0.501 e. The number of benzene rings is 7. The summed E-state index contributed by atoms with van der Waals surface area (Å²) < 4.78 is 28.2. The van der Waals surface area contributed by atoms with Crippen molar-refractivity contribution < 1.29 is 27.3 Å². The monoisotopic (exact) mass is 1070 g/mol. The van der Waals surface area contributed by atoms with Gasteiger partial charge in [-0.05, 0) is 136 Å². The van der Waals surface area contributed by atoms with Crippen LogP contribution in [0.25, 0.3) is 83.6 Å². The Morgan fingerprint density at radius 3 is 2.13 bits per heavy atom. The molecule has 0 atom stereocenters. The number of fused-ring (bicyclic) bond motifs is 4. The van der Waals surface area contributed by atoms with Crippen LogP contribution in [-0.2, 0) is 20.1 Å². The first-order valence-electron chi connectivity index (χ1n) is 24.8. The summed E-state index contributed by atoms with van der Waals surface area (Å²) in [5, 5.41) is 2.07. The molecule has 68 heavy (non-hydrogen) atoms. The zero-order chi connectivity index (χ0) is 48.1. The van der Waals surface area contributed by atoms with Gasteiger partial charge in [-0.15, -0.1) is 54.1 Å². The first kappa shape index (κ1) is 44.1. The molecule has 1 aliphatic rings. The molecule has 1 aliphatic carbocycles. The van der Waals surface area contributed by atoms with Gasteiger partial charge in [0, 0.05) is 40.1 Å². The average Bonchev–Trinajstić information content (AvgIpc) is 3.95. The fourth-order valence-corrected chi connectivity index (χ4v) is 9.78. The van der Waals surface area contributed by atoms with Gasteiger partial charge in [-0.1, -0.05) is 143 Å². The van der Waals surface area contributed by atoms with Gasteiger partial charge in [-0.3, -0.25) is 4.98 Å². The number of para-hydroxylation sites is 1. The van der Waals surface area contributed by atoms with E-state index in [0.29, 0.717) is 5.41 Å². The van der Waals surface area contributed by atoms with E-state index >= 15 is 0 Å². The molecule has 7 aromatic carbocycles. The third-order valence-corrected chi connectivity index (χ3v) is 13.6. The van der Waals surface area contributed by atoms with E-state index in [1.165, 1.54) is 0 Å². The summed E-state index contributed by atoms with van der Waals surface area (Å²) in [5.74, 6) is -0.614. The molecule has 0 aliphatic heterocycles. The van der Waals surface area contributed by atoms with E-state index < -0.39 is 11.8 Å². The van der Waals surface area contributed by atoms with E-state index in [1.807, 2.05) is 68.4 Å². The first-order chi connectivity index (χ1) is 33.2. The molecular weight excluding hydrogens is 1010 g/mol. The molecule has 4 nitrogen and oxygen atoms in total. The Labute approximate surface area is 418 Å². The van der Waals surface area contributed by atoms with Gasteiger partial charge in [-0.25, -0.2) is 0 Å². The molecule has 3 aromatic heterocycles. The van der Waals surface area contributed by atoms with Crippen molar-refractivity contribution in [2.24, 2.45) is 5.41 Å². The molecule has 3 heterocycles. The van der Waals surface area contributed by atoms with Gasteiger partial charge in [0.2, 0.25) is 0 Å². The molecule has 0 saturated heterocycles. The summed E-state index contributed by atoms with van der Waals surface area (Å²) in [6.45, 7) is 15.2. The molecule has 0 N–H and O–H groups in total. The Balaban J connectivity index is 0.000000407. The van der Waals surface area contributed by atoms with Gasteiger partial charge >= 0.3 is 0 Å². The van der Waals surface area contributed by atoms with Crippen molar-refractivity contribution in [3.05, 3.63) is 198 Å². The van der Waals surface area contributed by atoms with Gasteiger partial charge in [0.05, 0.1) is 22.4 Å². The number of nitrogens with zero attached hydrogens (tertiary/aromatic N) is 3. The Kier molecular flexibility index (Phi) is 12.8. The molecule has 0 amide bonds. The van der Waals surface area contributed by atoms with Crippen molar-refractivity contribution in [3.8, 4) is 50.6 Å². The Hall–Kier alpha value is -6.39. The van der Waals surface area contributed by atoms with Gasteiger partial charge in [0.15, 0.2) is 0 Å². The summed E-state index contributed by atoms with van der Waals surface area (Å²) in [4.78, 5) is 9.59. The van der Waals surface area contributed by atoms with Gasteiger partial charge < -0.3 is 14.0 Å².